The van der Waals surface area contributed by atoms with Gasteiger partial charge in [0.15, 0.2) is 0 Å². The number of nitrogens with one attached hydrogen (secondary N) is 1. The maximum Gasteiger partial charge on any atom is 0.401 e. The summed E-state index contributed by atoms with van der Waals surface area (Å²) in [7, 11) is 1.56. The van der Waals surface area contributed by atoms with E-state index in [0.29, 0.717) is 12.5 Å². The average Bonchev–Trinajstić information content (AvgIpc) is 2.27. The number of likely N-dealkylation sites (N-methyl/N-ethyl adjacent to an activating group) is 2. The van der Waals surface area contributed by atoms with E-state index < -0.39 is 12.7 Å². The minimum Gasteiger partial charge on any atom is -0.313 e. The Morgan fingerprint density at radius 1 is 1.22 bits per heavy atom. The second-order valence-corrected chi connectivity index (χ2v) is 5.37. The summed E-state index contributed by atoms with van der Waals surface area (Å²) >= 11 is 0. The van der Waals surface area contributed by atoms with E-state index in [0.717, 1.165) is 19.4 Å². The Morgan fingerprint density at radius 3 is 2.33 bits per heavy atom. The molecule has 0 aliphatic heterocycles. The largest absolute Gasteiger partial charge is 0.401 e. The van der Waals surface area contributed by atoms with E-state index in [4.69, 9.17) is 0 Å². The fourth-order valence-corrected chi connectivity index (χ4v) is 2.89. The molecule has 18 heavy (non-hydrogen) atoms. The average molecular weight is 266 g/mol. The van der Waals surface area contributed by atoms with Gasteiger partial charge in [-0.1, -0.05) is 26.2 Å². The molecule has 108 valence electrons. The standard InChI is InChI=1S/C13H25F3N2/c1-3-17-12(11-7-5-4-6-8-11)9-18(2)10-13(14,15)16/h11-12,17H,3-10H2,1-2H3. The number of rotatable bonds is 6. The van der Waals surface area contributed by atoms with Crippen molar-refractivity contribution in [1.82, 2.24) is 10.2 Å². The van der Waals surface area contributed by atoms with Crippen molar-refractivity contribution >= 4 is 0 Å². The maximum atomic E-state index is 12.3. The molecule has 1 fully saturated rings. The molecule has 0 amide bonds. The molecule has 0 aromatic carbocycles. The SMILES string of the molecule is CCNC(CN(C)CC(F)(F)F)C1CCCCC1. The number of nitrogens with zero attached hydrogens (tertiary/aromatic N) is 1. The van der Waals surface area contributed by atoms with Crippen LogP contribution in [0.4, 0.5) is 13.2 Å². The molecule has 0 aromatic heterocycles. The summed E-state index contributed by atoms with van der Waals surface area (Å²) in [4.78, 5) is 1.39. The highest BCUT2D eigenvalue weighted by Crippen LogP contribution is 2.27. The van der Waals surface area contributed by atoms with Gasteiger partial charge in [0, 0.05) is 12.6 Å². The zero-order valence-electron chi connectivity index (χ0n) is 11.4. The first kappa shape index (κ1) is 15.8. The number of halogens is 3. The minimum atomic E-state index is -4.10. The lowest BCUT2D eigenvalue weighted by Gasteiger charge is -2.33. The Kier molecular flexibility index (Phi) is 6.43. The van der Waals surface area contributed by atoms with Gasteiger partial charge < -0.3 is 5.32 Å². The van der Waals surface area contributed by atoms with Gasteiger partial charge in [0.25, 0.3) is 0 Å². The normalized spacial score (nSPS) is 20.3. The van der Waals surface area contributed by atoms with Crippen LogP contribution in [-0.4, -0.2) is 43.8 Å². The lowest BCUT2D eigenvalue weighted by molar-refractivity contribution is -0.144. The van der Waals surface area contributed by atoms with E-state index in [1.54, 1.807) is 7.05 Å². The van der Waals surface area contributed by atoms with Crippen LogP contribution in [0.3, 0.4) is 0 Å². The first-order valence-electron chi connectivity index (χ1n) is 6.91. The van der Waals surface area contributed by atoms with Gasteiger partial charge in [0.2, 0.25) is 0 Å². The Morgan fingerprint density at radius 2 is 1.83 bits per heavy atom. The van der Waals surface area contributed by atoms with Crippen LogP contribution >= 0.6 is 0 Å². The number of hydrogen-bond donors (Lipinski definition) is 1. The highest BCUT2D eigenvalue weighted by Gasteiger charge is 2.31. The molecule has 1 atom stereocenters. The van der Waals surface area contributed by atoms with Gasteiger partial charge in [-0.3, -0.25) is 4.90 Å². The van der Waals surface area contributed by atoms with E-state index in [1.165, 1.54) is 24.2 Å². The zero-order chi connectivity index (χ0) is 13.6. The number of alkyl halides is 3. The van der Waals surface area contributed by atoms with Crippen LogP contribution < -0.4 is 5.32 Å². The van der Waals surface area contributed by atoms with Crippen molar-refractivity contribution in [3.05, 3.63) is 0 Å². The van der Waals surface area contributed by atoms with Crippen molar-refractivity contribution in [1.29, 1.82) is 0 Å². The van der Waals surface area contributed by atoms with Gasteiger partial charge in [0.05, 0.1) is 6.54 Å². The predicted molar refractivity (Wildman–Crippen MR) is 67.6 cm³/mol. The van der Waals surface area contributed by atoms with Crippen molar-refractivity contribution in [2.24, 2.45) is 5.92 Å². The third kappa shape index (κ3) is 6.05. The molecule has 0 bridgehead atoms. The summed E-state index contributed by atoms with van der Waals surface area (Å²) in [6.45, 7) is 2.50. The fraction of sp³-hybridized carbons (Fsp3) is 1.00. The molecule has 1 saturated carbocycles. The maximum absolute atomic E-state index is 12.3. The van der Waals surface area contributed by atoms with Crippen molar-refractivity contribution < 1.29 is 13.2 Å². The first-order valence-corrected chi connectivity index (χ1v) is 6.91. The summed E-state index contributed by atoms with van der Waals surface area (Å²) < 4.78 is 37.0. The van der Waals surface area contributed by atoms with Gasteiger partial charge in [-0.15, -0.1) is 0 Å². The zero-order valence-corrected chi connectivity index (χ0v) is 11.4. The van der Waals surface area contributed by atoms with E-state index in [-0.39, 0.29) is 6.04 Å². The molecule has 0 spiro atoms. The fourth-order valence-electron chi connectivity index (χ4n) is 2.89. The predicted octanol–water partition coefficient (Wildman–Crippen LogP) is 3.04. The van der Waals surface area contributed by atoms with Crippen molar-refractivity contribution in [3.63, 3.8) is 0 Å². The number of hydrogen-bond acceptors (Lipinski definition) is 2. The van der Waals surface area contributed by atoms with Gasteiger partial charge >= 0.3 is 6.18 Å². The lowest BCUT2D eigenvalue weighted by atomic mass is 9.83. The molecular formula is C13H25F3N2. The Bertz CT molecular complexity index is 225. The monoisotopic (exact) mass is 266 g/mol. The highest BCUT2D eigenvalue weighted by molar-refractivity contribution is 4.81. The molecule has 1 N–H and O–H groups in total. The Labute approximate surface area is 108 Å². The summed E-state index contributed by atoms with van der Waals surface area (Å²) in [6, 6.07) is 0.197. The first-order chi connectivity index (χ1) is 8.42. The molecule has 1 aliphatic carbocycles. The van der Waals surface area contributed by atoms with Crippen LogP contribution in [0.1, 0.15) is 39.0 Å². The molecule has 5 heteroatoms. The summed E-state index contributed by atoms with van der Waals surface area (Å²) in [5.41, 5.74) is 0. The van der Waals surface area contributed by atoms with Crippen molar-refractivity contribution in [2.45, 2.75) is 51.2 Å². The Balaban J connectivity index is 2.45. The van der Waals surface area contributed by atoms with Crippen molar-refractivity contribution in [3.8, 4) is 0 Å². The van der Waals surface area contributed by atoms with E-state index >= 15 is 0 Å². The molecular weight excluding hydrogens is 241 g/mol. The van der Waals surface area contributed by atoms with Gasteiger partial charge in [0.1, 0.15) is 0 Å². The van der Waals surface area contributed by atoms with Gasteiger partial charge in [-0.2, -0.15) is 13.2 Å². The quantitative estimate of drug-likeness (QED) is 0.795. The Hall–Kier alpha value is -0.290. The van der Waals surface area contributed by atoms with Crippen molar-refractivity contribution in [2.75, 3.05) is 26.7 Å². The van der Waals surface area contributed by atoms with Crippen LogP contribution in [0.15, 0.2) is 0 Å². The minimum absolute atomic E-state index is 0.197. The molecule has 1 aliphatic rings. The van der Waals surface area contributed by atoms with E-state index in [1.807, 2.05) is 6.92 Å². The summed E-state index contributed by atoms with van der Waals surface area (Å²) in [6.07, 6.45) is 1.91. The molecule has 0 radical (unpaired) electrons. The lowest BCUT2D eigenvalue weighted by Crippen LogP contribution is -2.47. The van der Waals surface area contributed by atoms with E-state index in [2.05, 4.69) is 5.32 Å². The second-order valence-electron chi connectivity index (χ2n) is 5.37. The van der Waals surface area contributed by atoms with Crippen LogP contribution in [0, 0.1) is 5.92 Å². The molecule has 0 aromatic rings. The third-order valence-electron chi connectivity index (χ3n) is 3.64. The molecule has 0 heterocycles. The van der Waals surface area contributed by atoms with Crippen LogP contribution in [0.25, 0.3) is 0 Å². The van der Waals surface area contributed by atoms with Gasteiger partial charge in [-0.05, 0) is 32.4 Å². The molecule has 2 nitrogen and oxygen atoms in total. The van der Waals surface area contributed by atoms with Crippen LogP contribution in [-0.2, 0) is 0 Å². The molecule has 1 rings (SSSR count). The summed E-state index contributed by atoms with van der Waals surface area (Å²) in [5.74, 6) is 0.536. The van der Waals surface area contributed by atoms with E-state index in [9.17, 15) is 13.2 Å². The smallest absolute Gasteiger partial charge is 0.313 e. The third-order valence-corrected chi connectivity index (χ3v) is 3.64. The second kappa shape index (κ2) is 7.34. The molecule has 1 unspecified atom stereocenters. The van der Waals surface area contributed by atoms with Gasteiger partial charge in [-0.25, -0.2) is 0 Å². The summed E-state index contributed by atoms with van der Waals surface area (Å²) in [5, 5.41) is 3.36. The van der Waals surface area contributed by atoms with Crippen LogP contribution in [0.5, 0.6) is 0 Å². The van der Waals surface area contributed by atoms with Crippen LogP contribution in [0.2, 0.25) is 0 Å². The topological polar surface area (TPSA) is 15.3 Å². The molecule has 0 saturated heterocycles. The highest BCUT2D eigenvalue weighted by atomic mass is 19.4.